The summed E-state index contributed by atoms with van der Waals surface area (Å²) in [6, 6.07) is 8.09. The summed E-state index contributed by atoms with van der Waals surface area (Å²) in [6.07, 6.45) is 3.58. The zero-order valence-electron chi connectivity index (χ0n) is 27.5. The maximum atomic E-state index is 14.9. The molecule has 49 heavy (non-hydrogen) atoms. The Labute approximate surface area is 296 Å². The molecule has 2 aliphatic carbocycles. The summed E-state index contributed by atoms with van der Waals surface area (Å²) < 4.78 is 22.4. The lowest BCUT2D eigenvalue weighted by atomic mass is 9.87. The van der Waals surface area contributed by atoms with Crippen molar-refractivity contribution in [2.75, 3.05) is 69.8 Å². The number of thioether (sulfide) groups is 1. The van der Waals surface area contributed by atoms with Gasteiger partial charge in [-0.25, -0.2) is 24.2 Å². The molecule has 0 spiro atoms. The molecule has 2 saturated carbocycles. The number of halogens is 2. The Kier molecular flexibility index (Phi) is 8.92. The Hall–Kier alpha value is -3.10. The number of nitrogens with two attached hydrogens (primary N) is 1. The van der Waals surface area contributed by atoms with Crippen LogP contribution in [0.25, 0.3) is 32.2 Å². The molecule has 4 aromatic rings. The molecule has 258 valence electrons. The third kappa shape index (κ3) is 6.26. The highest BCUT2D eigenvalue weighted by Gasteiger charge is 2.43. The Morgan fingerprint density at radius 1 is 1.20 bits per heavy atom. The summed E-state index contributed by atoms with van der Waals surface area (Å²) in [5.74, 6) is 0.819. The van der Waals surface area contributed by atoms with Crippen molar-refractivity contribution in [3.05, 3.63) is 39.5 Å². The van der Waals surface area contributed by atoms with Crippen molar-refractivity contribution in [3.63, 3.8) is 0 Å². The van der Waals surface area contributed by atoms with E-state index in [9.17, 15) is 9.18 Å². The van der Waals surface area contributed by atoms with Crippen LogP contribution in [0.4, 0.5) is 15.3 Å². The van der Waals surface area contributed by atoms with Gasteiger partial charge in [-0.2, -0.15) is 4.98 Å². The van der Waals surface area contributed by atoms with Crippen LogP contribution in [0.15, 0.2) is 37.9 Å². The molecule has 3 fully saturated rings. The van der Waals surface area contributed by atoms with Crippen LogP contribution in [0.1, 0.15) is 38.6 Å². The van der Waals surface area contributed by atoms with E-state index in [0.29, 0.717) is 39.0 Å². The van der Waals surface area contributed by atoms with Gasteiger partial charge in [0.2, 0.25) is 0 Å². The van der Waals surface area contributed by atoms with E-state index in [1.54, 1.807) is 24.9 Å². The lowest BCUT2D eigenvalue weighted by Crippen LogP contribution is -2.49. The van der Waals surface area contributed by atoms with Crippen molar-refractivity contribution in [3.8, 4) is 11.1 Å². The number of methoxy groups -OCH3 is 1. The van der Waals surface area contributed by atoms with Gasteiger partial charge in [-0.05, 0) is 50.4 Å². The number of nitrogen functional groups attached to an aromatic ring is 1. The SMILES string of the molecule is CCN1CCN(C[C@H]2CSc3c(-c4ccc(F)c5sc(N)nc45)c(Cl)cc4c(NC5CC(N=C=NC6(COC)CC6)C5)nc(=O)n2c34)CC1. The number of nitrogens with one attached hydrogen (secondary N) is 1. The van der Waals surface area contributed by atoms with E-state index in [-0.39, 0.29) is 40.3 Å². The summed E-state index contributed by atoms with van der Waals surface area (Å²) in [6.45, 7) is 8.54. The number of fused-ring (bicyclic) bond motifs is 1. The highest BCUT2D eigenvalue weighted by atomic mass is 35.5. The van der Waals surface area contributed by atoms with Crippen molar-refractivity contribution in [1.82, 2.24) is 24.3 Å². The summed E-state index contributed by atoms with van der Waals surface area (Å²) in [5.41, 5.74) is 8.31. The van der Waals surface area contributed by atoms with Crippen LogP contribution in [0.3, 0.4) is 0 Å². The summed E-state index contributed by atoms with van der Waals surface area (Å²) in [5, 5.41) is 5.10. The number of benzene rings is 2. The number of likely N-dealkylation sites (N-methyl/N-ethyl adjacent to an activating group) is 1. The monoisotopic (exact) mass is 723 g/mol. The molecule has 2 aromatic carbocycles. The molecular formula is C34H39ClFN9O2S2. The molecule has 15 heteroatoms. The zero-order valence-corrected chi connectivity index (χ0v) is 29.9. The number of nitrogens with zero attached hydrogens (tertiary/aromatic N) is 7. The summed E-state index contributed by atoms with van der Waals surface area (Å²) in [7, 11) is 1.69. The minimum atomic E-state index is -0.376. The van der Waals surface area contributed by atoms with E-state index < -0.39 is 0 Å². The van der Waals surface area contributed by atoms with E-state index in [0.717, 1.165) is 97.7 Å². The number of thiazole rings is 1. The Bertz CT molecular complexity index is 2050. The van der Waals surface area contributed by atoms with Gasteiger partial charge in [-0.3, -0.25) is 9.47 Å². The first kappa shape index (κ1) is 33.1. The normalized spacial score (nSPS) is 23.3. The van der Waals surface area contributed by atoms with E-state index in [1.807, 2.05) is 10.6 Å². The number of hydrogen-bond donors (Lipinski definition) is 2. The fourth-order valence-electron chi connectivity index (χ4n) is 7.27. The third-order valence-electron chi connectivity index (χ3n) is 10.3. The van der Waals surface area contributed by atoms with Crippen LogP contribution in [-0.4, -0.2) is 107 Å². The molecule has 11 nitrogen and oxygen atoms in total. The van der Waals surface area contributed by atoms with Crippen molar-refractivity contribution < 1.29 is 9.13 Å². The van der Waals surface area contributed by atoms with Crippen molar-refractivity contribution in [1.29, 1.82) is 0 Å². The maximum absolute atomic E-state index is 14.9. The molecule has 0 radical (unpaired) electrons. The molecule has 1 saturated heterocycles. The van der Waals surface area contributed by atoms with Gasteiger partial charge >= 0.3 is 5.69 Å². The fourth-order valence-corrected chi connectivity index (χ4v) is 9.72. The van der Waals surface area contributed by atoms with E-state index in [4.69, 9.17) is 22.1 Å². The minimum absolute atomic E-state index is 0.0750. The molecule has 8 rings (SSSR count). The Morgan fingerprint density at radius 2 is 1.98 bits per heavy atom. The molecule has 2 aliphatic heterocycles. The van der Waals surface area contributed by atoms with Gasteiger partial charge in [0.15, 0.2) is 5.13 Å². The van der Waals surface area contributed by atoms with Crippen molar-refractivity contribution in [2.24, 2.45) is 9.98 Å². The number of aromatic nitrogens is 3. The minimum Gasteiger partial charge on any atom is -0.382 e. The first-order chi connectivity index (χ1) is 23.8. The first-order valence-corrected chi connectivity index (χ1v) is 19.1. The average Bonchev–Trinajstić information content (AvgIpc) is 3.71. The predicted octanol–water partition coefficient (Wildman–Crippen LogP) is 5.63. The second-order valence-electron chi connectivity index (χ2n) is 13.6. The molecule has 4 heterocycles. The zero-order chi connectivity index (χ0) is 33.9. The van der Waals surface area contributed by atoms with Crippen molar-refractivity contribution >= 4 is 72.8 Å². The standard InChI is InChI=1S/C34H39ClFN9O2S2/c1-3-43-8-10-44(11-9-43)15-21-16-48-30-26(22-4-5-25(36)29-27(22)41-32(37)49-29)24(35)14-23-28(30)45(21)33(46)42-31(23)40-20-12-19(13-20)38-18-39-34(6-7-34)17-47-2/h4-5,14,19-21H,3,6-13,15-17H2,1-2H3,(H2,37,41)(H,40,42,46)/t19?,20?,21-/m0/s1. The molecule has 0 amide bonds. The van der Waals surface area contributed by atoms with Gasteiger partial charge in [0, 0.05) is 73.0 Å². The van der Waals surface area contributed by atoms with Gasteiger partial charge in [0.25, 0.3) is 0 Å². The van der Waals surface area contributed by atoms with Crippen LogP contribution >= 0.6 is 34.7 Å². The molecule has 0 unspecified atom stereocenters. The Morgan fingerprint density at radius 3 is 2.71 bits per heavy atom. The number of hydrogen-bond acceptors (Lipinski definition) is 12. The topological polar surface area (TPSA) is 126 Å². The fraction of sp³-hybridized carbons (Fsp3) is 0.529. The number of piperazine rings is 1. The lowest BCUT2D eigenvalue weighted by Gasteiger charge is -2.38. The molecule has 3 N–H and O–H groups in total. The van der Waals surface area contributed by atoms with Gasteiger partial charge in [-0.1, -0.05) is 29.9 Å². The highest BCUT2D eigenvalue weighted by molar-refractivity contribution is 7.99. The smallest absolute Gasteiger partial charge is 0.350 e. The van der Waals surface area contributed by atoms with Crippen LogP contribution in [0.2, 0.25) is 5.02 Å². The second-order valence-corrected chi connectivity index (χ2v) is 16.0. The van der Waals surface area contributed by atoms with Gasteiger partial charge in [-0.15, -0.1) is 11.8 Å². The molecule has 4 aliphatic rings. The number of anilines is 2. The van der Waals surface area contributed by atoms with Gasteiger partial charge < -0.3 is 20.7 Å². The highest BCUT2D eigenvalue weighted by Crippen LogP contribution is 2.49. The molecule has 0 bridgehead atoms. The predicted molar refractivity (Wildman–Crippen MR) is 196 cm³/mol. The molecule has 1 atom stereocenters. The summed E-state index contributed by atoms with van der Waals surface area (Å²) >= 11 is 9.94. The van der Waals surface area contributed by atoms with E-state index in [1.165, 1.54) is 6.07 Å². The van der Waals surface area contributed by atoms with Crippen LogP contribution in [-0.2, 0) is 4.74 Å². The lowest BCUT2D eigenvalue weighted by molar-refractivity contribution is 0.126. The van der Waals surface area contributed by atoms with Crippen molar-refractivity contribution in [2.45, 2.75) is 61.2 Å². The van der Waals surface area contributed by atoms with E-state index in [2.05, 4.69) is 48.0 Å². The molecular weight excluding hydrogens is 685 g/mol. The van der Waals surface area contributed by atoms with Crippen LogP contribution in [0.5, 0.6) is 0 Å². The van der Waals surface area contributed by atoms with Crippen LogP contribution in [0, 0.1) is 5.82 Å². The maximum Gasteiger partial charge on any atom is 0.350 e. The van der Waals surface area contributed by atoms with Crippen LogP contribution < -0.4 is 16.7 Å². The summed E-state index contributed by atoms with van der Waals surface area (Å²) in [4.78, 5) is 38.1. The number of aliphatic imine (C=N–C) groups is 2. The van der Waals surface area contributed by atoms with Gasteiger partial charge in [0.1, 0.15) is 11.6 Å². The van der Waals surface area contributed by atoms with Gasteiger partial charge in [0.05, 0.1) is 51.0 Å². The average molecular weight is 724 g/mol. The largest absolute Gasteiger partial charge is 0.382 e. The third-order valence-corrected chi connectivity index (χ3v) is 12.7. The quantitative estimate of drug-likeness (QED) is 0.200. The van der Waals surface area contributed by atoms with E-state index >= 15 is 0 Å². The Balaban J connectivity index is 1.16. The number of ether oxygens (including phenoxy) is 1. The molecule has 2 aromatic heterocycles. The number of rotatable bonds is 10. The second kappa shape index (κ2) is 13.2. The first-order valence-electron chi connectivity index (χ1n) is 16.9.